The van der Waals surface area contributed by atoms with Crippen LogP contribution in [0.2, 0.25) is 0 Å². The van der Waals surface area contributed by atoms with Gasteiger partial charge < -0.3 is 5.11 Å². The highest BCUT2D eigenvalue weighted by atomic mass is 16.4. The molecule has 0 aromatic heterocycles. The maximum absolute atomic E-state index is 13.1. The molecule has 0 atom stereocenters. The average Bonchev–Trinajstić information content (AvgIpc) is 2.84. The summed E-state index contributed by atoms with van der Waals surface area (Å²) in [7, 11) is 0. The number of fused-ring (bicyclic) bond motifs is 2. The zero-order valence-electron chi connectivity index (χ0n) is 13.2. The van der Waals surface area contributed by atoms with Gasteiger partial charge in [-0.05, 0) is 22.4 Å². The molecular weight excluding hydrogens is 316 g/mol. The van der Waals surface area contributed by atoms with Crippen molar-refractivity contribution in [3.8, 4) is 0 Å². The third kappa shape index (κ3) is 2.11. The summed E-state index contributed by atoms with van der Waals surface area (Å²) in [6.45, 7) is 0. The van der Waals surface area contributed by atoms with Crippen molar-refractivity contribution in [2.45, 2.75) is 11.8 Å². The van der Waals surface area contributed by atoms with E-state index in [4.69, 9.17) is 0 Å². The largest absolute Gasteiger partial charge is 0.481 e. The van der Waals surface area contributed by atoms with E-state index in [0.29, 0.717) is 16.7 Å². The van der Waals surface area contributed by atoms with Gasteiger partial charge in [-0.2, -0.15) is 0 Å². The van der Waals surface area contributed by atoms with Gasteiger partial charge in [-0.3, -0.25) is 14.4 Å². The van der Waals surface area contributed by atoms with Crippen LogP contribution in [-0.4, -0.2) is 22.6 Å². The summed E-state index contributed by atoms with van der Waals surface area (Å²) in [5, 5.41) is 11.3. The molecular formula is C21H14O4. The second-order valence-corrected chi connectivity index (χ2v) is 6.24. The lowest BCUT2D eigenvalue weighted by atomic mass is 9.73. The van der Waals surface area contributed by atoms with E-state index < -0.39 is 29.4 Å². The van der Waals surface area contributed by atoms with Gasteiger partial charge in [0.05, 0.1) is 6.42 Å². The fourth-order valence-electron chi connectivity index (χ4n) is 3.65. The van der Waals surface area contributed by atoms with Crippen molar-refractivity contribution in [3.63, 3.8) is 0 Å². The van der Waals surface area contributed by atoms with Gasteiger partial charge in [0.2, 0.25) is 0 Å². The summed E-state index contributed by atoms with van der Waals surface area (Å²) in [4.78, 5) is 37.8. The molecule has 0 heterocycles. The third-order valence-corrected chi connectivity index (χ3v) is 4.85. The van der Waals surface area contributed by atoms with Gasteiger partial charge in [0.25, 0.3) is 0 Å². The van der Waals surface area contributed by atoms with Crippen LogP contribution in [0.25, 0.3) is 10.8 Å². The summed E-state index contributed by atoms with van der Waals surface area (Å²) in [5.74, 6) is -2.06. The molecule has 0 fully saturated rings. The van der Waals surface area contributed by atoms with E-state index in [-0.39, 0.29) is 0 Å². The third-order valence-electron chi connectivity index (χ3n) is 4.85. The Bertz CT molecular complexity index is 1010. The second-order valence-electron chi connectivity index (χ2n) is 6.24. The van der Waals surface area contributed by atoms with Gasteiger partial charge >= 0.3 is 5.97 Å². The molecule has 122 valence electrons. The first kappa shape index (κ1) is 15.3. The highest BCUT2D eigenvalue weighted by molar-refractivity contribution is 6.34. The molecule has 1 aliphatic carbocycles. The number of hydrogen-bond donors (Lipinski definition) is 1. The van der Waals surface area contributed by atoms with E-state index in [1.165, 1.54) is 0 Å². The first-order chi connectivity index (χ1) is 12.0. The maximum atomic E-state index is 13.1. The number of carbonyl (C=O) groups is 3. The molecule has 0 amide bonds. The highest BCUT2D eigenvalue weighted by Crippen LogP contribution is 2.43. The molecule has 0 spiro atoms. The first-order valence-corrected chi connectivity index (χ1v) is 7.94. The smallest absolute Gasteiger partial charge is 0.305 e. The fraction of sp³-hybridized carbons (Fsp3) is 0.0952. The van der Waals surface area contributed by atoms with Crippen LogP contribution in [0.3, 0.4) is 0 Å². The summed E-state index contributed by atoms with van der Waals surface area (Å²) < 4.78 is 0. The van der Waals surface area contributed by atoms with Crippen LogP contribution in [0.15, 0.2) is 66.7 Å². The molecule has 3 aromatic rings. The Morgan fingerprint density at radius 1 is 0.800 bits per heavy atom. The van der Waals surface area contributed by atoms with Crippen LogP contribution in [0.4, 0.5) is 0 Å². The number of carboxylic acids is 1. The molecule has 0 unspecified atom stereocenters. The molecule has 0 radical (unpaired) electrons. The molecule has 4 nitrogen and oxygen atoms in total. The van der Waals surface area contributed by atoms with Crippen LogP contribution in [-0.2, 0) is 10.2 Å². The minimum Gasteiger partial charge on any atom is -0.481 e. The Kier molecular flexibility index (Phi) is 3.29. The summed E-state index contributed by atoms with van der Waals surface area (Å²) >= 11 is 0. The van der Waals surface area contributed by atoms with E-state index in [2.05, 4.69) is 0 Å². The number of rotatable bonds is 3. The fourth-order valence-corrected chi connectivity index (χ4v) is 3.65. The Hall–Kier alpha value is -3.27. The molecule has 0 bridgehead atoms. The summed E-state index contributed by atoms with van der Waals surface area (Å²) in [6, 6.07) is 19.4. The molecule has 25 heavy (non-hydrogen) atoms. The van der Waals surface area contributed by atoms with Gasteiger partial charge in [-0.1, -0.05) is 60.7 Å². The second kappa shape index (κ2) is 5.38. The number of ketones is 2. The number of carboxylic acid groups (broad SMARTS) is 1. The van der Waals surface area contributed by atoms with Crippen LogP contribution in [0.1, 0.15) is 32.7 Å². The lowest BCUT2D eigenvalue weighted by Crippen LogP contribution is -2.40. The van der Waals surface area contributed by atoms with Crippen LogP contribution < -0.4 is 0 Å². The van der Waals surface area contributed by atoms with Crippen molar-refractivity contribution in [2.75, 3.05) is 0 Å². The van der Waals surface area contributed by atoms with Crippen LogP contribution in [0, 0.1) is 0 Å². The molecule has 3 aromatic carbocycles. The minimum atomic E-state index is -1.69. The van der Waals surface area contributed by atoms with Gasteiger partial charge in [-0.25, -0.2) is 0 Å². The lowest BCUT2D eigenvalue weighted by Gasteiger charge is -2.25. The van der Waals surface area contributed by atoms with E-state index in [9.17, 15) is 19.5 Å². The van der Waals surface area contributed by atoms with Gasteiger partial charge in [-0.15, -0.1) is 0 Å². The molecule has 0 saturated carbocycles. The number of hydrogen-bond acceptors (Lipinski definition) is 3. The average molecular weight is 330 g/mol. The standard InChI is InChI=1S/C21H14O4/c22-18(23)12-21(15-10-9-13-5-1-2-6-14(13)11-15)19(24)16-7-3-4-8-17(16)20(21)25/h1-11H,12H2,(H,22,23). The summed E-state index contributed by atoms with van der Waals surface area (Å²) in [6.07, 6.45) is -0.558. The molecule has 4 heteroatoms. The van der Waals surface area contributed by atoms with E-state index in [1.54, 1.807) is 36.4 Å². The molecule has 4 rings (SSSR count). The first-order valence-electron chi connectivity index (χ1n) is 7.94. The minimum absolute atomic E-state index is 0.293. The number of Topliss-reactive ketones (excluding diaryl/α,β-unsaturated/α-hetero) is 2. The highest BCUT2D eigenvalue weighted by Gasteiger charge is 2.55. The van der Waals surface area contributed by atoms with Crippen LogP contribution in [0.5, 0.6) is 0 Å². The number of aliphatic carboxylic acids is 1. The normalized spacial score (nSPS) is 15.4. The Balaban J connectivity index is 1.99. The predicted octanol–water partition coefficient (Wildman–Crippen LogP) is 3.63. The predicted molar refractivity (Wildman–Crippen MR) is 93.0 cm³/mol. The zero-order valence-corrected chi connectivity index (χ0v) is 13.2. The van der Waals surface area contributed by atoms with Crippen molar-refractivity contribution in [1.82, 2.24) is 0 Å². The summed E-state index contributed by atoms with van der Waals surface area (Å²) in [5.41, 5.74) is -0.678. The topological polar surface area (TPSA) is 71.4 Å². The van der Waals surface area contributed by atoms with Crippen molar-refractivity contribution in [2.24, 2.45) is 0 Å². The van der Waals surface area contributed by atoms with Gasteiger partial charge in [0.1, 0.15) is 5.41 Å². The van der Waals surface area contributed by atoms with Crippen molar-refractivity contribution < 1.29 is 19.5 Å². The Morgan fingerprint density at radius 3 is 1.96 bits per heavy atom. The van der Waals surface area contributed by atoms with Crippen molar-refractivity contribution in [1.29, 1.82) is 0 Å². The number of benzene rings is 3. The molecule has 0 saturated heterocycles. The van der Waals surface area contributed by atoms with Crippen LogP contribution >= 0.6 is 0 Å². The molecule has 1 N–H and O–H groups in total. The van der Waals surface area contributed by atoms with E-state index >= 15 is 0 Å². The Morgan fingerprint density at radius 2 is 1.36 bits per heavy atom. The van der Waals surface area contributed by atoms with Gasteiger partial charge in [0.15, 0.2) is 11.6 Å². The van der Waals surface area contributed by atoms with E-state index in [0.717, 1.165) is 10.8 Å². The quantitative estimate of drug-likeness (QED) is 0.744. The van der Waals surface area contributed by atoms with Crippen molar-refractivity contribution in [3.05, 3.63) is 83.4 Å². The number of carbonyl (C=O) groups excluding carboxylic acids is 2. The maximum Gasteiger partial charge on any atom is 0.305 e. The van der Waals surface area contributed by atoms with E-state index in [1.807, 2.05) is 30.3 Å². The molecule has 1 aliphatic rings. The SMILES string of the molecule is O=C(O)CC1(c2ccc3ccccc3c2)C(=O)c2ccccc2C1=O. The Labute approximate surface area is 143 Å². The van der Waals surface area contributed by atoms with Crippen molar-refractivity contribution >= 4 is 28.3 Å². The molecule has 0 aliphatic heterocycles. The zero-order chi connectivity index (χ0) is 17.6. The lowest BCUT2D eigenvalue weighted by molar-refractivity contribution is -0.137. The van der Waals surface area contributed by atoms with Gasteiger partial charge in [0, 0.05) is 11.1 Å². The monoisotopic (exact) mass is 330 g/mol.